The first kappa shape index (κ1) is 9.64. The summed E-state index contributed by atoms with van der Waals surface area (Å²) < 4.78 is 0. The van der Waals surface area contributed by atoms with Crippen molar-refractivity contribution >= 4 is 17.1 Å². The summed E-state index contributed by atoms with van der Waals surface area (Å²) in [5, 5.41) is 8.50. The van der Waals surface area contributed by atoms with Crippen LogP contribution in [-0.2, 0) is 11.2 Å². The normalized spacial score (nSPS) is 10.7. The number of aromatic amines is 1. The van der Waals surface area contributed by atoms with E-state index in [4.69, 9.17) is 5.11 Å². The Labute approximate surface area is 86.2 Å². The molecule has 5 nitrogen and oxygen atoms in total. The maximum absolute atomic E-state index is 10.3. The SMILES string of the molecule is O=C(O)CCCc1cnc2nc[nH]c2c1. The standard InChI is InChI=1S/C10H11N3O2/c14-9(15)3-1-2-7-4-8-10(11-5-7)13-6-12-8/h4-6H,1-3H2,(H,14,15)(H,11,12,13). The van der Waals surface area contributed by atoms with Crippen LogP contribution in [0, 0.1) is 0 Å². The molecule has 0 aliphatic rings. The van der Waals surface area contributed by atoms with Gasteiger partial charge in [0.15, 0.2) is 5.65 Å². The van der Waals surface area contributed by atoms with Crippen molar-refractivity contribution in [1.82, 2.24) is 15.0 Å². The molecular formula is C10H11N3O2. The first-order chi connectivity index (χ1) is 7.25. The Kier molecular flexibility index (Phi) is 2.62. The molecule has 0 unspecified atom stereocenters. The number of fused-ring (bicyclic) bond motifs is 1. The molecule has 2 aromatic heterocycles. The van der Waals surface area contributed by atoms with E-state index in [1.165, 1.54) is 0 Å². The predicted molar refractivity (Wildman–Crippen MR) is 54.5 cm³/mol. The fourth-order valence-corrected chi connectivity index (χ4v) is 1.45. The van der Waals surface area contributed by atoms with E-state index < -0.39 is 5.97 Å². The molecule has 0 aromatic carbocycles. The minimum Gasteiger partial charge on any atom is -0.481 e. The van der Waals surface area contributed by atoms with Crippen molar-refractivity contribution in [3.05, 3.63) is 24.2 Å². The van der Waals surface area contributed by atoms with Gasteiger partial charge in [-0.1, -0.05) is 0 Å². The van der Waals surface area contributed by atoms with E-state index in [-0.39, 0.29) is 6.42 Å². The van der Waals surface area contributed by atoms with E-state index in [0.29, 0.717) is 12.1 Å². The third-order valence-corrected chi connectivity index (χ3v) is 2.19. The summed E-state index contributed by atoms with van der Waals surface area (Å²) in [6.07, 6.45) is 4.90. The first-order valence-electron chi connectivity index (χ1n) is 4.75. The third kappa shape index (κ3) is 2.31. The van der Waals surface area contributed by atoms with Crippen LogP contribution in [0.2, 0.25) is 0 Å². The number of aliphatic carboxylic acids is 1. The summed E-state index contributed by atoms with van der Waals surface area (Å²) in [7, 11) is 0. The average Bonchev–Trinajstić information content (AvgIpc) is 2.64. The first-order valence-corrected chi connectivity index (χ1v) is 4.75. The van der Waals surface area contributed by atoms with Crippen LogP contribution >= 0.6 is 0 Å². The van der Waals surface area contributed by atoms with Crippen LogP contribution in [0.4, 0.5) is 0 Å². The van der Waals surface area contributed by atoms with Crippen LogP contribution in [0.15, 0.2) is 18.6 Å². The zero-order valence-corrected chi connectivity index (χ0v) is 8.10. The van der Waals surface area contributed by atoms with Gasteiger partial charge in [0.2, 0.25) is 0 Å². The lowest BCUT2D eigenvalue weighted by Crippen LogP contribution is -1.96. The number of carbonyl (C=O) groups is 1. The second-order valence-electron chi connectivity index (χ2n) is 3.36. The highest BCUT2D eigenvalue weighted by atomic mass is 16.4. The van der Waals surface area contributed by atoms with Crippen LogP contribution in [0.25, 0.3) is 11.2 Å². The summed E-state index contributed by atoms with van der Waals surface area (Å²) in [5.74, 6) is -0.759. The molecule has 2 rings (SSSR count). The topological polar surface area (TPSA) is 78.9 Å². The van der Waals surface area contributed by atoms with Gasteiger partial charge in [-0.3, -0.25) is 4.79 Å². The molecule has 0 saturated carbocycles. The Bertz CT molecular complexity index is 478. The number of rotatable bonds is 4. The molecule has 2 aromatic rings. The predicted octanol–water partition coefficient (Wildman–Crippen LogP) is 1.37. The second kappa shape index (κ2) is 4.08. The van der Waals surface area contributed by atoms with Crippen molar-refractivity contribution < 1.29 is 9.90 Å². The summed E-state index contributed by atoms with van der Waals surface area (Å²) in [4.78, 5) is 21.5. The van der Waals surface area contributed by atoms with Crippen molar-refractivity contribution in [3.63, 3.8) is 0 Å². The van der Waals surface area contributed by atoms with E-state index >= 15 is 0 Å². The lowest BCUT2D eigenvalue weighted by molar-refractivity contribution is -0.137. The van der Waals surface area contributed by atoms with Gasteiger partial charge in [0, 0.05) is 12.6 Å². The Hall–Kier alpha value is -1.91. The smallest absolute Gasteiger partial charge is 0.303 e. The lowest BCUT2D eigenvalue weighted by Gasteiger charge is -1.98. The molecule has 15 heavy (non-hydrogen) atoms. The third-order valence-electron chi connectivity index (χ3n) is 2.19. The number of H-pyrrole nitrogens is 1. The minimum atomic E-state index is -0.759. The van der Waals surface area contributed by atoms with E-state index in [1.807, 2.05) is 6.07 Å². The summed E-state index contributed by atoms with van der Waals surface area (Å²) in [5.41, 5.74) is 2.62. The Morgan fingerprint density at radius 3 is 3.13 bits per heavy atom. The zero-order valence-electron chi connectivity index (χ0n) is 8.10. The largest absolute Gasteiger partial charge is 0.481 e. The molecule has 0 bridgehead atoms. The average molecular weight is 205 g/mol. The van der Waals surface area contributed by atoms with Crippen LogP contribution in [0.3, 0.4) is 0 Å². The number of aryl methyl sites for hydroxylation is 1. The Morgan fingerprint density at radius 1 is 1.47 bits per heavy atom. The number of carboxylic acid groups (broad SMARTS) is 1. The molecule has 2 N–H and O–H groups in total. The van der Waals surface area contributed by atoms with Gasteiger partial charge in [0.1, 0.15) is 0 Å². The van der Waals surface area contributed by atoms with E-state index in [1.54, 1.807) is 12.5 Å². The van der Waals surface area contributed by atoms with Crippen LogP contribution in [0.1, 0.15) is 18.4 Å². The van der Waals surface area contributed by atoms with Crippen LogP contribution < -0.4 is 0 Å². The second-order valence-corrected chi connectivity index (χ2v) is 3.36. The van der Waals surface area contributed by atoms with Crippen molar-refractivity contribution in [2.45, 2.75) is 19.3 Å². The van der Waals surface area contributed by atoms with Crippen molar-refractivity contribution in [2.75, 3.05) is 0 Å². The molecule has 78 valence electrons. The van der Waals surface area contributed by atoms with Crippen molar-refractivity contribution in [2.24, 2.45) is 0 Å². The number of imidazole rings is 1. The summed E-state index contributed by atoms with van der Waals surface area (Å²) in [6.45, 7) is 0. The monoisotopic (exact) mass is 205 g/mol. The fraction of sp³-hybridized carbons (Fsp3) is 0.300. The van der Waals surface area contributed by atoms with Gasteiger partial charge in [0.05, 0.1) is 11.8 Å². The van der Waals surface area contributed by atoms with Gasteiger partial charge in [-0.05, 0) is 24.5 Å². The molecule has 0 atom stereocenters. The van der Waals surface area contributed by atoms with Crippen LogP contribution in [-0.4, -0.2) is 26.0 Å². The number of aromatic nitrogens is 3. The number of nitrogens with zero attached hydrogens (tertiary/aromatic N) is 2. The number of carboxylic acids is 1. The molecule has 0 amide bonds. The van der Waals surface area contributed by atoms with E-state index in [0.717, 1.165) is 17.5 Å². The number of hydrogen-bond acceptors (Lipinski definition) is 3. The van der Waals surface area contributed by atoms with Gasteiger partial charge in [0.25, 0.3) is 0 Å². The maximum atomic E-state index is 10.3. The lowest BCUT2D eigenvalue weighted by atomic mass is 10.1. The summed E-state index contributed by atoms with van der Waals surface area (Å²) in [6, 6.07) is 1.96. The highest BCUT2D eigenvalue weighted by Crippen LogP contribution is 2.10. The zero-order chi connectivity index (χ0) is 10.7. The molecule has 0 aliphatic heterocycles. The van der Waals surface area contributed by atoms with Gasteiger partial charge < -0.3 is 10.1 Å². The van der Waals surface area contributed by atoms with Crippen LogP contribution in [0.5, 0.6) is 0 Å². The highest BCUT2D eigenvalue weighted by molar-refractivity contribution is 5.70. The molecule has 0 radical (unpaired) electrons. The number of pyridine rings is 1. The molecule has 2 heterocycles. The van der Waals surface area contributed by atoms with Crippen molar-refractivity contribution in [1.29, 1.82) is 0 Å². The molecule has 5 heteroatoms. The van der Waals surface area contributed by atoms with E-state index in [9.17, 15) is 4.79 Å². The fourth-order valence-electron chi connectivity index (χ4n) is 1.45. The molecule has 0 aliphatic carbocycles. The number of hydrogen-bond donors (Lipinski definition) is 2. The maximum Gasteiger partial charge on any atom is 0.303 e. The molecular weight excluding hydrogens is 194 g/mol. The summed E-state index contributed by atoms with van der Waals surface area (Å²) >= 11 is 0. The molecule has 0 fully saturated rings. The van der Waals surface area contributed by atoms with Gasteiger partial charge in [-0.15, -0.1) is 0 Å². The van der Waals surface area contributed by atoms with Gasteiger partial charge >= 0.3 is 5.97 Å². The minimum absolute atomic E-state index is 0.195. The Balaban J connectivity index is 2.04. The Morgan fingerprint density at radius 2 is 2.33 bits per heavy atom. The van der Waals surface area contributed by atoms with Gasteiger partial charge in [-0.2, -0.15) is 0 Å². The molecule has 0 spiro atoms. The highest BCUT2D eigenvalue weighted by Gasteiger charge is 2.01. The van der Waals surface area contributed by atoms with Crippen molar-refractivity contribution in [3.8, 4) is 0 Å². The van der Waals surface area contributed by atoms with Gasteiger partial charge in [-0.25, -0.2) is 9.97 Å². The van der Waals surface area contributed by atoms with E-state index in [2.05, 4.69) is 15.0 Å². The quantitative estimate of drug-likeness (QED) is 0.790. The number of nitrogens with one attached hydrogen (secondary N) is 1. The molecule has 0 saturated heterocycles.